The van der Waals surface area contributed by atoms with E-state index in [1.54, 1.807) is 11.4 Å². The maximum atomic E-state index is 13.2. The lowest BCUT2D eigenvalue weighted by Gasteiger charge is -2.09. The molecular weight excluding hydrogens is 373 g/mol. The summed E-state index contributed by atoms with van der Waals surface area (Å²) in [6, 6.07) is 4.31. The number of hydrogen-bond acceptors (Lipinski definition) is 4. The van der Waals surface area contributed by atoms with Crippen molar-refractivity contribution in [2.24, 2.45) is 0 Å². The summed E-state index contributed by atoms with van der Waals surface area (Å²) in [6.45, 7) is 0. The van der Waals surface area contributed by atoms with Gasteiger partial charge in [0.05, 0.1) is 11.3 Å². The van der Waals surface area contributed by atoms with Crippen LogP contribution in [0.1, 0.15) is 10.4 Å². The molecule has 0 saturated carbocycles. The third-order valence-electron chi connectivity index (χ3n) is 2.28. The van der Waals surface area contributed by atoms with Gasteiger partial charge in [0.15, 0.2) is 4.21 Å². The zero-order chi connectivity index (χ0) is 14.9. The highest BCUT2D eigenvalue weighted by molar-refractivity contribution is 9.10. The van der Waals surface area contributed by atoms with Crippen molar-refractivity contribution in [1.82, 2.24) is 0 Å². The van der Waals surface area contributed by atoms with E-state index in [1.807, 2.05) is 0 Å². The molecule has 0 fully saturated rings. The zero-order valence-corrected chi connectivity index (χ0v) is 12.9. The second-order valence-corrected chi connectivity index (χ2v) is 7.30. The summed E-state index contributed by atoms with van der Waals surface area (Å²) in [7, 11) is -3.98. The fourth-order valence-corrected chi connectivity index (χ4v) is 4.86. The first-order chi connectivity index (χ1) is 9.31. The smallest absolute Gasteiger partial charge is 0.337 e. The van der Waals surface area contributed by atoms with Crippen molar-refractivity contribution in [2.75, 3.05) is 4.72 Å². The van der Waals surface area contributed by atoms with Gasteiger partial charge in [0.1, 0.15) is 5.82 Å². The second kappa shape index (κ2) is 5.51. The number of carboxylic acid groups (broad SMARTS) is 1. The predicted octanol–water partition coefficient (Wildman–Crippen LogP) is 3.15. The third kappa shape index (κ3) is 3.00. The lowest BCUT2D eigenvalue weighted by molar-refractivity contribution is 0.0698. The lowest BCUT2D eigenvalue weighted by Crippen LogP contribution is -2.15. The number of carboxylic acids is 1. The predicted molar refractivity (Wildman–Crippen MR) is 76.2 cm³/mol. The van der Waals surface area contributed by atoms with Gasteiger partial charge in [0, 0.05) is 4.47 Å². The van der Waals surface area contributed by atoms with Crippen LogP contribution in [0, 0.1) is 5.82 Å². The van der Waals surface area contributed by atoms with Crippen LogP contribution in [0.3, 0.4) is 0 Å². The normalized spacial score (nSPS) is 11.3. The monoisotopic (exact) mass is 379 g/mol. The third-order valence-corrected chi connectivity index (χ3v) is 6.32. The Morgan fingerprint density at radius 2 is 2.05 bits per heavy atom. The van der Waals surface area contributed by atoms with Crippen LogP contribution in [-0.2, 0) is 10.0 Å². The number of nitrogens with one attached hydrogen (secondary N) is 1. The van der Waals surface area contributed by atoms with Gasteiger partial charge in [-0.05, 0) is 45.6 Å². The molecule has 0 radical (unpaired) electrons. The Kier molecular flexibility index (Phi) is 4.11. The van der Waals surface area contributed by atoms with Crippen molar-refractivity contribution >= 4 is 48.9 Å². The van der Waals surface area contributed by atoms with Crippen LogP contribution >= 0.6 is 27.3 Å². The Bertz CT molecular complexity index is 772. The quantitative estimate of drug-likeness (QED) is 0.854. The minimum Gasteiger partial charge on any atom is -0.478 e. The molecule has 1 heterocycles. The number of rotatable bonds is 4. The average molecular weight is 380 g/mol. The molecule has 0 bridgehead atoms. The highest BCUT2D eigenvalue weighted by Gasteiger charge is 2.22. The minimum absolute atomic E-state index is 0.0156. The number of benzene rings is 1. The highest BCUT2D eigenvalue weighted by atomic mass is 79.9. The van der Waals surface area contributed by atoms with Gasteiger partial charge < -0.3 is 5.11 Å². The Balaban J connectivity index is 2.47. The molecule has 106 valence electrons. The maximum absolute atomic E-state index is 13.2. The topological polar surface area (TPSA) is 83.5 Å². The summed E-state index contributed by atoms with van der Waals surface area (Å²) in [5.41, 5.74) is -0.652. The van der Waals surface area contributed by atoms with Gasteiger partial charge in [-0.3, -0.25) is 4.72 Å². The fraction of sp³-hybridized carbons (Fsp3) is 0. The van der Waals surface area contributed by atoms with E-state index in [2.05, 4.69) is 20.7 Å². The summed E-state index contributed by atoms with van der Waals surface area (Å²) in [5.74, 6) is -2.09. The molecule has 5 nitrogen and oxygen atoms in total. The van der Waals surface area contributed by atoms with Crippen molar-refractivity contribution in [3.63, 3.8) is 0 Å². The Labute approximate surface area is 126 Å². The number of halogens is 2. The van der Waals surface area contributed by atoms with Crippen LogP contribution in [0.4, 0.5) is 10.1 Å². The first-order valence-electron chi connectivity index (χ1n) is 5.10. The summed E-state index contributed by atoms with van der Waals surface area (Å²) in [6.07, 6.45) is 0. The van der Waals surface area contributed by atoms with E-state index in [0.717, 1.165) is 29.5 Å². The molecule has 0 aliphatic heterocycles. The summed E-state index contributed by atoms with van der Waals surface area (Å²) in [5, 5.41) is 10.5. The number of thiophene rings is 1. The molecule has 20 heavy (non-hydrogen) atoms. The van der Waals surface area contributed by atoms with Gasteiger partial charge in [-0.1, -0.05) is 0 Å². The van der Waals surface area contributed by atoms with E-state index >= 15 is 0 Å². The van der Waals surface area contributed by atoms with Crippen LogP contribution in [0.25, 0.3) is 0 Å². The SMILES string of the molecule is O=C(O)c1ccc(F)cc1NS(=O)(=O)c1sccc1Br. The van der Waals surface area contributed by atoms with Crippen molar-refractivity contribution < 1.29 is 22.7 Å². The van der Waals surface area contributed by atoms with Crippen molar-refractivity contribution in [1.29, 1.82) is 0 Å². The molecule has 1 aromatic carbocycles. The van der Waals surface area contributed by atoms with Crippen molar-refractivity contribution in [3.05, 3.63) is 45.5 Å². The van der Waals surface area contributed by atoms with Gasteiger partial charge in [-0.25, -0.2) is 17.6 Å². The van der Waals surface area contributed by atoms with E-state index in [4.69, 9.17) is 5.11 Å². The van der Waals surface area contributed by atoms with Crippen molar-refractivity contribution in [2.45, 2.75) is 4.21 Å². The van der Waals surface area contributed by atoms with Crippen LogP contribution in [0.2, 0.25) is 0 Å². The molecule has 0 amide bonds. The molecule has 0 aliphatic rings. The Morgan fingerprint density at radius 1 is 1.35 bits per heavy atom. The molecule has 0 spiro atoms. The maximum Gasteiger partial charge on any atom is 0.337 e. The van der Waals surface area contributed by atoms with Crippen LogP contribution in [0.5, 0.6) is 0 Å². The molecule has 2 aromatic rings. The number of carbonyl (C=O) groups is 1. The second-order valence-electron chi connectivity index (χ2n) is 3.66. The van der Waals surface area contributed by atoms with Crippen molar-refractivity contribution in [3.8, 4) is 0 Å². The molecule has 0 aliphatic carbocycles. The van der Waals surface area contributed by atoms with Crippen LogP contribution in [-0.4, -0.2) is 19.5 Å². The summed E-state index contributed by atoms with van der Waals surface area (Å²) < 4.78 is 39.8. The fourth-order valence-electron chi connectivity index (χ4n) is 1.45. The molecular formula is C11H7BrFNO4S2. The number of hydrogen-bond donors (Lipinski definition) is 2. The number of anilines is 1. The molecule has 0 unspecified atom stereocenters. The van der Waals surface area contributed by atoms with Crippen LogP contribution < -0.4 is 4.72 Å². The molecule has 0 saturated heterocycles. The Hall–Kier alpha value is -1.45. The Morgan fingerprint density at radius 3 is 2.60 bits per heavy atom. The van der Waals surface area contributed by atoms with Gasteiger partial charge in [0.25, 0.3) is 10.0 Å². The lowest BCUT2D eigenvalue weighted by atomic mass is 10.2. The van der Waals surface area contributed by atoms with Gasteiger partial charge in [-0.15, -0.1) is 11.3 Å². The molecule has 2 N–H and O–H groups in total. The molecule has 0 atom stereocenters. The largest absolute Gasteiger partial charge is 0.478 e. The summed E-state index contributed by atoms with van der Waals surface area (Å²) >= 11 is 4.03. The van der Waals surface area contributed by atoms with E-state index in [0.29, 0.717) is 4.47 Å². The standard InChI is InChI=1S/C11H7BrFNO4S2/c12-8-3-4-19-11(8)20(17,18)14-9-5-6(13)1-2-7(9)10(15)16/h1-5,14H,(H,15,16). The van der Waals surface area contributed by atoms with Gasteiger partial charge in [0.2, 0.25) is 0 Å². The highest BCUT2D eigenvalue weighted by Crippen LogP contribution is 2.30. The molecule has 2 rings (SSSR count). The van der Waals surface area contributed by atoms with E-state index in [1.165, 1.54) is 0 Å². The first kappa shape index (κ1) is 14.9. The van der Waals surface area contributed by atoms with E-state index in [-0.39, 0.29) is 15.5 Å². The summed E-state index contributed by atoms with van der Waals surface area (Å²) in [4.78, 5) is 11.0. The van der Waals surface area contributed by atoms with Gasteiger partial charge in [-0.2, -0.15) is 0 Å². The zero-order valence-electron chi connectivity index (χ0n) is 9.63. The first-order valence-corrected chi connectivity index (χ1v) is 8.25. The number of aromatic carboxylic acids is 1. The average Bonchev–Trinajstić information content (AvgIpc) is 2.75. The minimum atomic E-state index is -3.98. The molecule has 1 aromatic heterocycles. The molecule has 9 heteroatoms. The van der Waals surface area contributed by atoms with Crippen LogP contribution in [0.15, 0.2) is 38.3 Å². The van der Waals surface area contributed by atoms with E-state index in [9.17, 15) is 17.6 Å². The van der Waals surface area contributed by atoms with E-state index < -0.39 is 21.8 Å². The van der Waals surface area contributed by atoms with Gasteiger partial charge >= 0.3 is 5.97 Å². The number of sulfonamides is 1.